The normalized spacial score (nSPS) is 11.4. The summed E-state index contributed by atoms with van der Waals surface area (Å²) >= 11 is 0. The minimum absolute atomic E-state index is 0.0375. The van der Waals surface area contributed by atoms with Crippen LogP contribution in [0.3, 0.4) is 0 Å². The molecule has 0 saturated carbocycles. The summed E-state index contributed by atoms with van der Waals surface area (Å²) < 4.78 is 6.42. The Kier molecular flexibility index (Phi) is 9.69. The molecule has 0 aliphatic heterocycles. The van der Waals surface area contributed by atoms with Gasteiger partial charge in [-0.25, -0.2) is 0 Å². The molecule has 11 rings (SSSR count). The standard InChI is InChI=1S/C61H42O/c1-3-13-42(14-4-1)50-17-9-19-52(39-50)44-27-33-47(34-28-44)60(48-35-29-45(30-36-48)53-20-10-18-51(40-53)43-15-5-2-6-16-43)49-37-31-46(32-38-49)54-21-11-22-55(41-54)56-24-12-25-58-57-23-7-8-26-59(57)62-61(56)58/h1-41,60H. The molecule has 1 heterocycles. The minimum atomic E-state index is 0.0375. The fourth-order valence-corrected chi connectivity index (χ4v) is 9.04. The predicted octanol–water partition coefficient (Wildman–Crippen LogP) is 16.8. The van der Waals surface area contributed by atoms with Gasteiger partial charge in [0.1, 0.15) is 11.2 Å². The molecule has 0 N–H and O–H groups in total. The van der Waals surface area contributed by atoms with E-state index in [4.69, 9.17) is 4.42 Å². The molecule has 292 valence electrons. The Morgan fingerprint density at radius 2 is 0.581 bits per heavy atom. The van der Waals surface area contributed by atoms with Crippen molar-refractivity contribution in [3.05, 3.63) is 265 Å². The minimum Gasteiger partial charge on any atom is -0.455 e. The van der Waals surface area contributed by atoms with E-state index < -0.39 is 0 Å². The molecule has 0 unspecified atom stereocenters. The number of hydrogen-bond acceptors (Lipinski definition) is 1. The van der Waals surface area contributed by atoms with Crippen molar-refractivity contribution in [2.45, 2.75) is 5.92 Å². The van der Waals surface area contributed by atoms with Gasteiger partial charge < -0.3 is 4.42 Å². The summed E-state index contributed by atoms with van der Waals surface area (Å²) in [4.78, 5) is 0. The summed E-state index contributed by atoms with van der Waals surface area (Å²) in [5.41, 5.74) is 19.9. The topological polar surface area (TPSA) is 13.1 Å². The van der Waals surface area contributed by atoms with Crippen molar-refractivity contribution >= 4 is 21.9 Å². The molecule has 0 saturated heterocycles. The molecule has 11 aromatic rings. The molecule has 0 aliphatic carbocycles. The first kappa shape index (κ1) is 37.0. The lowest BCUT2D eigenvalue weighted by molar-refractivity contribution is 0.670. The third-order valence-electron chi connectivity index (χ3n) is 12.2. The Labute approximate surface area is 362 Å². The number of para-hydroxylation sites is 2. The average molecular weight is 791 g/mol. The van der Waals surface area contributed by atoms with Crippen molar-refractivity contribution in [2.75, 3.05) is 0 Å². The number of fused-ring (bicyclic) bond motifs is 3. The Morgan fingerprint density at radius 3 is 1.05 bits per heavy atom. The van der Waals surface area contributed by atoms with Crippen LogP contribution in [0.5, 0.6) is 0 Å². The Balaban J connectivity index is 0.940. The average Bonchev–Trinajstić information content (AvgIpc) is 3.75. The molecule has 0 radical (unpaired) electrons. The molecule has 0 amide bonds. The monoisotopic (exact) mass is 790 g/mol. The van der Waals surface area contributed by atoms with Crippen molar-refractivity contribution in [1.82, 2.24) is 0 Å². The van der Waals surface area contributed by atoms with E-state index in [0.29, 0.717) is 0 Å². The summed E-state index contributed by atoms with van der Waals surface area (Å²) in [5, 5.41) is 2.28. The lowest BCUT2D eigenvalue weighted by atomic mass is 9.83. The van der Waals surface area contributed by atoms with Crippen LogP contribution in [-0.4, -0.2) is 0 Å². The van der Waals surface area contributed by atoms with Crippen LogP contribution in [0.2, 0.25) is 0 Å². The molecule has 0 fully saturated rings. The number of rotatable bonds is 9. The van der Waals surface area contributed by atoms with Gasteiger partial charge >= 0.3 is 0 Å². The molecule has 62 heavy (non-hydrogen) atoms. The molecule has 1 heteroatoms. The second-order valence-corrected chi connectivity index (χ2v) is 16.1. The predicted molar refractivity (Wildman–Crippen MR) is 260 cm³/mol. The maximum Gasteiger partial charge on any atom is 0.143 e. The van der Waals surface area contributed by atoms with E-state index in [-0.39, 0.29) is 5.92 Å². The smallest absolute Gasteiger partial charge is 0.143 e. The van der Waals surface area contributed by atoms with E-state index in [1.165, 1.54) is 72.3 Å². The highest BCUT2D eigenvalue weighted by atomic mass is 16.3. The van der Waals surface area contributed by atoms with Gasteiger partial charge in [0.25, 0.3) is 0 Å². The summed E-state index contributed by atoms with van der Waals surface area (Å²) in [6.45, 7) is 0. The summed E-state index contributed by atoms with van der Waals surface area (Å²) in [6.07, 6.45) is 0. The van der Waals surface area contributed by atoms with Crippen LogP contribution in [0, 0.1) is 0 Å². The van der Waals surface area contributed by atoms with Crippen molar-refractivity contribution in [3.8, 4) is 66.8 Å². The van der Waals surface area contributed by atoms with Crippen LogP contribution in [0.4, 0.5) is 0 Å². The lowest BCUT2D eigenvalue weighted by Gasteiger charge is -2.20. The second-order valence-electron chi connectivity index (χ2n) is 16.1. The van der Waals surface area contributed by atoms with Gasteiger partial charge in [-0.05, 0) is 102 Å². The van der Waals surface area contributed by atoms with E-state index in [1.54, 1.807) is 0 Å². The summed E-state index contributed by atoms with van der Waals surface area (Å²) in [7, 11) is 0. The van der Waals surface area contributed by atoms with Gasteiger partial charge in [-0.2, -0.15) is 0 Å². The quantitative estimate of drug-likeness (QED) is 0.133. The van der Waals surface area contributed by atoms with Crippen LogP contribution < -0.4 is 0 Å². The van der Waals surface area contributed by atoms with E-state index in [9.17, 15) is 0 Å². The number of benzene rings is 10. The lowest BCUT2D eigenvalue weighted by Crippen LogP contribution is -2.03. The largest absolute Gasteiger partial charge is 0.455 e. The highest BCUT2D eigenvalue weighted by Gasteiger charge is 2.19. The van der Waals surface area contributed by atoms with Gasteiger partial charge in [0.2, 0.25) is 0 Å². The summed E-state index contributed by atoms with van der Waals surface area (Å²) in [6, 6.07) is 89.9. The molecule has 0 atom stereocenters. The van der Waals surface area contributed by atoms with Gasteiger partial charge in [0, 0.05) is 22.3 Å². The summed E-state index contributed by atoms with van der Waals surface area (Å²) in [5.74, 6) is 0.0375. The molecule has 1 nitrogen and oxygen atoms in total. The van der Waals surface area contributed by atoms with Gasteiger partial charge in [-0.1, -0.05) is 224 Å². The van der Waals surface area contributed by atoms with E-state index >= 15 is 0 Å². The fraction of sp³-hybridized carbons (Fsp3) is 0.0164. The first-order chi connectivity index (χ1) is 30.7. The van der Waals surface area contributed by atoms with Crippen LogP contribution in [0.1, 0.15) is 22.6 Å². The molecule has 10 aromatic carbocycles. The Bertz CT molecular complexity index is 3180. The second kappa shape index (κ2) is 16.2. The molecule has 0 bridgehead atoms. The third kappa shape index (κ3) is 7.21. The maximum absolute atomic E-state index is 6.42. The number of hydrogen-bond donors (Lipinski definition) is 0. The highest BCUT2D eigenvalue weighted by molar-refractivity contribution is 6.09. The first-order valence-electron chi connectivity index (χ1n) is 21.3. The molecule has 0 spiro atoms. The molecular formula is C61H42O. The zero-order valence-electron chi connectivity index (χ0n) is 34.2. The van der Waals surface area contributed by atoms with Crippen LogP contribution in [0.25, 0.3) is 88.7 Å². The van der Waals surface area contributed by atoms with Crippen LogP contribution in [-0.2, 0) is 0 Å². The van der Waals surface area contributed by atoms with Crippen molar-refractivity contribution in [3.63, 3.8) is 0 Å². The van der Waals surface area contributed by atoms with Gasteiger partial charge in [0.15, 0.2) is 0 Å². The van der Waals surface area contributed by atoms with E-state index in [1.807, 2.05) is 12.1 Å². The Morgan fingerprint density at radius 1 is 0.242 bits per heavy atom. The van der Waals surface area contributed by atoms with Crippen LogP contribution in [0.15, 0.2) is 253 Å². The van der Waals surface area contributed by atoms with E-state index in [2.05, 4.69) is 237 Å². The molecular weight excluding hydrogens is 749 g/mol. The van der Waals surface area contributed by atoms with Crippen molar-refractivity contribution in [2.24, 2.45) is 0 Å². The Hall–Kier alpha value is -8.00. The SMILES string of the molecule is c1ccc(-c2cccc(-c3ccc(C(c4ccc(-c5cccc(-c6ccccc6)c5)cc4)c4ccc(-c5cccc(-c6cccc7c6oc6ccccc67)c5)cc4)cc3)c2)cc1. The van der Waals surface area contributed by atoms with E-state index in [0.717, 1.165) is 33.1 Å². The van der Waals surface area contributed by atoms with Crippen LogP contribution >= 0.6 is 0 Å². The number of furan rings is 1. The van der Waals surface area contributed by atoms with Crippen molar-refractivity contribution in [1.29, 1.82) is 0 Å². The van der Waals surface area contributed by atoms with Gasteiger partial charge in [-0.3, -0.25) is 0 Å². The third-order valence-corrected chi connectivity index (χ3v) is 12.2. The van der Waals surface area contributed by atoms with Gasteiger partial charge in [0.05, 0.1) is 0 Å². The van der Waals surface area contributed by atoms with Crippen molar-refractivity contribution < 1.29 is 4.42 Å². The molecule has 1 aromatic heterocycles. The molecule has 0 aliphatic rings. The zero-order chi connectivity index (χ0) is 41.2. The fourth-order valence-electron chi connectivity index (χ4n) is 9.04. The zero-order valence-corrected chi connectivity index (χ0v) is 34.2. The first-order valence-corrected chi connectivity index (χ1v) is 21.3. The van der Waals surface area contributed by atoms with Gasteiger partial charge in [-0.15, -0.1) is 0 Å². The maximum atomic E-state index is 6.42. The highest BCUT2D eigenvalue weighted by Crippen LogP contribution is 2.39.